The predicted molar refractivity (Wildman–Crippen MR) is 147 cm³/mol. The van der Waals surface area contributed by atoms with Crippen LogP contribution in [-0.2, 0) is 14.3 Å². The Morgan fingerprint density at radius 2 is 1.95 bits per heavy atom. The number of fused-ring (bicyclic) bond motifs is 3. The summed E-state index contributed by atoms with van der Waals surface area (Å²) in [5, 5.41) is 3.78. The number of allylic oxidation sites excluding steroid dienone is 1. The van der Waals surface area contributed by atoms with E-state index in [9.17, 15) is 9.59 Å². The standard InChI is InChI=1S/C32H34N2O4/c1-20-31-27(26-10-6-5-7-21(26)18-28(31)32(36)38-20)15-13-24-12-11-22-17-25(14-16-29(22)33-24)37-19-30(35)34-23-8-3-2-4-9-23/h2-4,8-9,11-17,20-21,26-28,31H,5-7,10,18-19H2,1H3,(H,34,35)/b15-13+/t20-,21+,26-,27+,28-,31+/m1/s1. The van der Waals surface area contributed by atoms with Gasteiger partial charge in [-0.2, -0.15) is 0 Å². The van der Waals surface area contributed by atoms with Crippen molar-refractivity contribution in [3.05, 3.63) is 72.4 Å². The van der Waals surface area contributed by atoms with Gasteiger partial charge in [-0.25, -0.2) is 4.98 Å². The fourth-order valence-electron chi connectivity index (χ4n) is 6.97. The van der Waals surface area contributed by atoms with Gasteiger partial charge in [-0.3, -0.25) is 9.59 Å². The van der Waals surface area contributed by atoms with Crippen LogP contribution in [0.25, 0.3) is 17.0 Å². The molecule has 2 aliphatic carbocycles. The molecule has 3 aromatic rings. The van der Waals surface area contributed by atoms with Gasteiger partial charge in [0.15, 0.2) is 6.61 Å². The lowest BCUT2D eigenvalue weighted by molar-refractivity contribution is -0.144. The Bertz CT molecular complexity index is 1350. The number of nitrogens with zero attached hydrogens (tertiary/aromatic N) is 1. The van der Waals surface area contributed by atoms with Crippen molar-refractivity contribution in [2.24, 2.45) is 29.6 Å². The third kappa shape index (κ3) is 5.04. The lowest BCUT2D eigenvalue weighted by atomic mass is 9.57. The van der Waals surface area contributed by atoms with Gasteiger partial charge in [-0.15, -0.1) is 0 Å². The van der Waals surface area contributed by atoms with Crippen molar-refractivity contribution in [2.75, 3.05) is 11.9 Å². The lowest BCUT2D eigenvalue weighted by Gasteiger charge is -2.45. The number of rotatable bonds is 6. The zero-order valence-corrected chi connectivity index (χ0v) is 21.7. The molecule has 2 saturated carbocycles. The van der Waals surface area contributed by atoms with E-state index in [4.69, 9.17) is 14.5 Å². The van der Waals surface area contributed by atoms with Crippen LogP contribution < -0.4 is 10.1 Å². The Morgan fingerprint density at radius 1 is 1.11 bits per heavy atom. The van der Waals surface area contributed by atoms with E-state index in [1.165, 1.54) is 25.7 Å². The first-order valence-corrected chi connectivity index (χ1v) is 13.8. The number of carbonyl (C=O) groups is 2. The van der Waals surface area contributed by atoms with E-state index < -0.39 is 0 Å². The predicted octanol–water partition coefficient (Wildman–Crippen LogP) is 6.27. The van der Waals surface area contributed by atoms with Crippen LogP contribution >= 0.6 is 0 Å². The Balaban J connectivity index is 1.15. The molecule has 0 bridgehead atoms. The number of para-hydroxylation sites is 1. The SMILES string of the molecule is C[C@H]1OC(=O)[C@@H]2C[C@@H]3CCCC[C@H]3[C@H](/C=C/c3ccc4cc(OCC(=O)Nc5ccccc5)ccc4n3)[C@H]12. The Morgan fingerprint density at radius 3 is 2.82 bits per heavy atom. The van der Waals surface area contributed by atoms with E-state index in [-0.39, 0.29) is 36.4 Å². The average molecular weight is 511 g/mol. The molecule has 3 fully saturated rings. The first-order chi connectivity index (χ1) is 18.5. The highest BCUT2D eigenvalue weighted by molar-refractivity contribution is 5.92. The molecule has 1 saturated heterocycles. The van der Waals surface area contributed by atoms with Crippen molar-refractivity contribution in [3.63, 3.8) is 0 Å². The molecule has 6 atom stereocenters. The van der Waals surface area contributed by atoms with E-state index in [0.717, 1.165) is 28.7 Å². The van der Waals surface area contributed by atoms with Gasteiger partial charge in [-0.1, -0.05) is 49.6 Å². The van der Waals surface area contributed by atoms with Crippen molar-refractivity contribution >= 4 is 34.5 Å². The molecular formula is C32H34N2O4. The highest BCUT2D eigenvalue weighted by Crippen LogP contribution is 2.53. The molecule has 0 spiro atoms. The highest BCUT2D eigenvalue weighted by atomic mass is 16.6. The quantitative estimate of drug-likeness (QED) is 0.396. The summed E-state index contributed by atoms with van der Waals surface area (Å²) in [4.78, 5) is 29.6. The molecule has 196 valence electrons. The molecule has 6 rings (SSSR count). The van der Waals surface area contributed by atoms with Gasteiger partial charge < -0.3 is 14.8 Å². The molecule has 1 aliphatic heterocycles. The normalized spacial score (nSPS) is 28.5. The smallest absolute Gasteiger partial charge is 0.309 e. The molecule has 2 aromatic carbocycles. The Kier molecular flexibility index (Phi) is 6.88. The fraction of sp³-hybridized carbons (Fsp3) is 0.406. The first kappa shape index (κ1) is 24.7. The molecule has 0 radical (unpaired) electrons. The average Bonchev–Trinajstić information content (AvgIpc) is 3.22. The summed E-state index contributed by atoms with van der Waals surface area (Å²) < 4.78 is 11.4. The maximum absolute atomic E-state index is 12.6. The van der Waals surface area contributed by atoms with Crippen LogP contribution in [0.15, 0.2) is 66.7 Å². The summed E-state index contributed by atoms with van der Waals surface area (Å²) >= 11 is 0. The van der Waals surface area contributed by atoms with Crippen molar-refractivity contribution in [1.82, 2.24) is 4.98 Å². The number of cyclic esters (lactones) is 1. The summed E-state index contributed by atoms with van der Waals surface area (Å²) in [6, 6.07) is 19.1. The topological polar surface area (TPSA) is 77.5 Å². The van der Waals surface area contributed by atoms with E-state index >= 15 is 0 Å². The summed E-state index contributed by atoms with van der Waals surface area (Å²) in [5.41, 5.74) is 2.52. The largest absolute Gasteiger partial charge is 0.484 e. The van der Waals surface area contributed by atoms with Crippen LogP contribution in [-0.4, -0.2) is 29.6 Å². The maximum atomic E-state index is 12.6. The summed E-state index contributed by atoms with van der Waals surface area (Å²) in [6.07, 6.45) is 10.4. The molecule has 1 amide bonds. The van der Waals surface area contributed by atoms with Crippen LogP contribution in [0, 0.1) is 29.6 Å². The maximum Gasteiger partial charge on any atom is 0.309 e. The van der Waals surface area contributed by atoms with Gasteiger partial charge in [0, 0.05) is 17.0 Å². The molecule has 3 aliphatic rings. The highest BCUT2D eigenvalue weighted by Gasteiger charge is 2.53. The minimum absolute atomic E-state index is 0.00400. The van der Waals surface area contributed by atoms with Crippen LogP contribution in [0.2, 0.25) is 0 Å². The van der Waals surface area contributed by atoms with Gasteiger partial charge >= 0.3 is 5.97 Å². The van der Waals surface area contributed by atoms with Crippen LogP contribution in [0.4, 0.5) is 5.69 Å². The molecule has 6 nitrogen and oxygen atoms in total. The van der Waals surface area contributed by atoms with Crippen molar-refractivity contribution in [1.29, 1.82) is 0 Å². The third-order valence-corrected chi connectivity index (χ3v) is 8.67. The van der Waals surface area contributed by atoms with Gasteiger partial charge in [0.1, 0.15) is 11.9 Å². The molecule has 2 heterocycles. The number of pyridine rings is 1. The number of ether oxygens (including phenoxy) is 2. The minimum Gasteiger partial charge on any atom is -0.484 e. The number of anilines is 1. The Labute approximate surface area is 223 Å². The van der Waals surface area contributed by atoms with Crippen molar-refractivity contribution in [2.45, 2.75) is 45.1 Å². The first-order valence-electron chi connectivity index (χ1n) is 13.8. The molecule has 38 heavy (non-hydrogen) atoms. The number of benzene rings is 2. The van der Waals surface area contributed by atoms with Crippen LogP contribution in [0.5, 0.6) is 5.75 Å². The molecule has 6 heteroatoms. The van der Waals surface area contributed by atoms with Gasteiger partial charge in [0.25, 0.3) is 5.91 Å². The monoisotopic (exact) mass is 510 g/mol. The second-order valence-corrected chi connectivity index (χ2v) is 11.0. The Hall–Kier alpha value is -3.67. The molecular weight excluding hydrogens is 476 g/mol. The number of nitrogens with one attached hydrogen (secondary N) is 1. The van der Waals surface area contributed by atoms with Crippen molar-refractivity contribution < 1.29 is 19.1 Å². The summed E-state index contributed by atoms with van der Waals surface area (Å²) in [7, 11) is 0. The number of aromatic nitrogens is 1. The van der Waals surface area contributed by atoms with E-state index in [0.29, 0.717) is 23.5 Å². The number of amides is 1. The number of hydrogen-bond donors (Lipinski definition) is 1. The second kappa shape index (κ2) is 10.6. The minimum atomic E-state index is -0.205. The van der Waals surface area contributed by atoms with Gasteiger partial charge in [0.05, 0.1) is 17.1 Å². The van der Waals surface area contributed by atoms with Crippen LogP contribution in [0.1, 0.15) is 44.7 Å². The van der Waals surface area contributed by atoms with E-state index in [1.807, 2.05) is 60.7 Å². The number of carbonyl (C=O) groups excluding carboxylic acids is 2. The van der Waals surface area contributed by atoms with Crippen molar-refractivity contribution in [3.8, 4) is 5.75 Å². The number of esters is 1. The molecule has 1 aromatic heterocycles. The zero-order valence-electron chi connectivity index (χ0n) is 21.7. The zero-order chi connectivity index (χ0) is 26.1. The van der Waals surface area contributed by atoms with Crippen LogP contribution in [0.3, 0.4) is 0 Å². The summed E-state index contributed by atoms with van der Waals surface area (Å²) in [6.45, 7) is 2.00. The molecule has 0 unspecified atom stereocenters. The van der Waals surface area contributed by atoms with E-state index in [2.05, 4.69) is 24.4 Å². The third-order valence-electron chi connectivity index (χ3n) is 8.67. The fourth-order valence-corrected chi connectivity index (χ4v) is 6.97. The molecule has 1 N–H and O–H groups in total. The van der Waals surface area contributed by atoms with E-state index in [1.54, 1.807) is 0 Å². The number of hydrogen-bond acceptors (Lipinski definition) is 5. The van der Waals surface area contributed by atoms with Gasteiger partial charge in [0.2, 0.25) is 0 Å². The lowest BCUT2D eigenvalue weighted by Crippen LogP contribution is -2.42. The second-order valence-electron chi connectivity index (χ2n) is 11.0. The van der Waals surface area contributed by atoms with Gasteiger partial charge in [-0.05, 0) is 80.0 Å². The summed E-state index contributed by atoms with van der Waals surface area (Å²) in [5.74, 6) is 2.31.